The fraction of sp³-hybridized carbons (Fsp3) is 0.500. The molecule has 2 fully saturated rings. The van der Waals surface area contributed by atoms with Gasteiger partial charge in [-0.25, -0.2) is 0 Å². The van der Waals surface area contributed by atoms with Gasteiger partial charge >= 0.3 is 11.9 Å². The zero-order chi connectivity index (χ0) is 17.6. The lowest BCUT2D eigenvalue weighted by molar-refractivity contribution is -0.168. The van der Waals surface area contributed by atoms with Crippen LogP contribution in [0.5, 0.6) is 0 Å². The van der Waals surface area contributed by atoms with Crippen LogP contribution in [0.3, 0.4) is 0 Å². The van der Waals surface area contributed by atoms with Crippen molar-refractivity contribution in [3.63, 3.8) is 0 Å². The molecule has 0 N–H and O–H groups in total. The molecule has 25 heavy (non-hydrogen) atoms. The second-order valence-corrected chi connectivity index (χ2v) is 7.51. The highest BCUT2D eigenvalue weighted by Gasteiger charge is 2.63. The summed E-state index contributed by atoms with van der Waals surface area (Å²) in [6, 6.07) is 7.30. The Morgan fingerprint density at radius 1 is 1.04 bits per heavy atom. The van der Waals surface area contributed by atoms with Crippen LogP contribution in [0.1, 0.15) is 18.9 Å². The van der Waals surface area contributed by atoms with Crippen LogP contribution in [0.15, 0.2) is 36.4 Å². The predicted octanol–water partition coefficient (Wildman–Crippen LogP) is 3.63. The number of fused-ring (bicyclic) bond motifs is 1. The van der Waals surface area contributed by atoms with Gasteiger partial charge in [0.05, 0.1) is 18.4 Å². The lowest BCUT2D eigenvalue weighted by Crippen LogP contribution is -2.47. The van der Waals surface area contributed by atoms with Crippen molar-refractivity contribution in [1.82, 2.24) is 0 Å². The van der Waals surface area contributed by atoms with E-state index in [4.69, 9.17) is 21.1 Å². The fourth-order valence-electron chi connectivity index (χ4n) is 4.62. The maximum atomic E-state index is 12.8. The van der Waals surface area contributed by atoms with Crippen molar-refractivity contribution in [2.45, 2.75) is 20.0 Å². The first kappa shape index (κ1) is 16.6. The van der Waals surface area contributed by atoms with Crippen molar-refractivity contribution in [2.24, 2.45) is 35.5 Å². The van der Waals surface area contributed by atoms with Crippen LogP contribution >= 0.6 is 11.6 Å². The van der Waals surface area contributed by atoms with E-state index in [0.29, 0.717) is 23.5 Å². The van der Waals surface area contributed by atoms with Gasteiger partial charge in [-0.05, 0) is 43.1 Å². The zero-order valence-corrected chi connectivity index (χ0v) is 14.8. The highest BCUT2D eigenvalue weighted by atomic mass is 35.5. The molecule has 5 heteroatoms. The summed E-state index contributed by atoms with van der Waals surface area (Å²) in [7, 11) is 0. The number of benzene rings is 1. The lowest BCUT2D eigenvalue weighted by Gasteiger charge is -2.41. The minimum absolute atomic E-state index is 0.0863. The van der Waals surface area contributed by atoms with Gasteiger partial charge in [-0.3, -0.25) is 9.59 Å². The Kier molecular flexibility index (Phi) is 4.32. The highest BCUT2D eigenvalue weighted by Crippen LogP contribution is 2.63. The average Bonchev–Trinajstić information content (AvgIpc) is 3.43. The van der Waals surface area contributed by atoms with E-state index in [2.05, 4.69) is 12.2 Å². The summed E-state index contributed by atoms with van der Waals surface area (Å²) < 4.78 is 10.8. The van der Waals surface area contributed by atoms with E-state index in [1.165, 1.54) is 0 Å². The molecule has 5 rings (SSSR count). The van der Waals surface area contributed by atoms with Crippen LogP contribution in [0.2, 0.25) is 5.02 Å². The first-order valence-corrected chi connectivity index (χ1v) is 9.24. The van der Waals surface area contributed by atoms with E-state index in [-0.39, 0.29) is 30.4 Å². The predicted molar refractivity (Wildman–Crippen MR) is 92.6 cm³/mol. The molecule has 132 valence electrons. The highest BCUT2D eigenvalue weighted by molar-refractivity contribution is 6.31. The number of halogens is 1. The van der Waals surface area contributed by atoms with Gasteiger partial charge in [-0.2, -0.15) is 0 Å². The summed E-state index contributed by atoms with van der Waals surface area (Å²) >= 11 is 6.13. The Hall–Kier alpha value is -1.81. The van der Waals surface area contributed by atoms with E-state index in [0.717, 1.165) is 12.0 Å². The number of rotatable bonds is 5. The third-order valence-corrected chi connectivity index (χ3v) is 6.18. The van der Waals surface area contributed by atoms with Crippen molar-refractivity contribution in [3.05, 3.63) is 47.0 Å². The van der Waals surface area contributed by atoms with Crippen LogP contribution in [0, 0.1) is 35.5 Å². The molecule has 2 saturated carbocycles. The third kappa shape index (κ3) is 2.86. The number of allylic oxidation sites excluding steroid dienone is 2. The number of esters is 2. The van der Waals surface area contributed by atoms with Gasteiger partial charge in [-0.15, -0.1) is 0 Å². The van der Waals surface area contributed by atoms with Crippen LogP contribution in [0.4, 0.5) is 0 Å². The van der Waals surface area contributed by atoms with E-state index in [1.54, 1.807) is 13.0 Å². The monoisotopic (exact) mass is 360 g/mol. The number of hydrogen-bond donors (Lipinski definition) is 0. The Morgan fingerprint density at radius 2 is 1.64 bits per heavy atom. The average molecular weight is 361 g/mol. The minimum Gasteiger partial charge on any atom is -0.466 e. The summed E-state index contributed by atoms with van der Waals surface area (Å²) in [4.78, 5) is 25.4. The van der Waals surface area contributed by atoms with Gasteiger partial charge in [-0.1, -0.05) is 42.0 Å². The molecule has 1 aromatic rings. The molecule has 6 atom stereocenters. The van der Waals surface area contributed by atoms with Crippen molar-refractivity contribution in [2.75, 3.05) is 6.61 Å². The molecule has 4 aliphatic carbocycles. The van der Waals surface area contributed by atoms with Crippen molar-refractivity contribution in [3.8, 4) is 0 Å². The molecule has 4 nitrogen and oxygen atoms in total. The van der Waals surface area contributed by atoms with E-state index >= 15 is 0 Å². The molecule has 0 aromatic heterocycles. The van der Waals surface area contributed by atoms with Gasteiger partial charge < -0.3 is 9.47 Å². The third-order valence-electron chi connectivity index (χ3n) is 5.81. The smallest absolute Gasteiger partial charge is 0.310 e. The fourth-order valence-corrected chi connectivity index (χ4v) is 4.81. The Labute approximate surface area is 152 Å². The Morgan fingerprint density at radius 3 is 2.24 bits per heavy atom. The van der Waals surface area contributed by atoms with Crippen LogP contribution < -0.4 is 0 Å². The minimum atomic E-state index is -0.444. The van der Waals surface area contributed by atoms with Crippen LogP contribution in [0.25, 0.3) is 0 Å². The van der Waals surface area contributed by atoms with Gasteiger partial charge in [0.1, 0.15) is 6.61 Å². The van der Waals surface area contributed by atoms with E-state index in [1.807, 2.05) is 18.2 Å². The molecule has 0 heterocycles. The summed E-state index contributed by atoms with van der Waals surface area (Å²) in [6.07, 6.45) is 5.31. The Balaban J connectivity index is 1.52. The van der Waals surface area contributed by atoms with Crippen molar-refractivity contribution < 1.29 is 19.1 Å². The topological polar surface area (TPSA) is 52.6 Å². The van der Waals surface area contributed by atoms with Crippen LogP contribution in [-0.2, 0) is 25.7 Å². The largest absolute Gasteiger partial charge is 0.466 e. The molecule has 0 amide bonds. The molecule has 0 aliphatic heterocycles. The SMILES string of the molecule is CCOC(=O)[C@@H]1[C@H]2C=C[C@@H]([C@@H]3C[C@@H]23)[C@@H]1C(=O)OCc1ccccc1Cl. The second-order valence-electron chi connectivity index (χ2n) is 7.11. The van der Waals surface area contributed by atoms with Crippen LogP contribution in [-0.4, -0.2) is 18.5 Å². The molecule has 0 spiro atoms. The number of carbonyl (C=O) groups is 2. The first-order chi connectivity index (χ1) is 12.1. The van der Waals surface area contributed by atoms with E-state index < -0.39 is 11.8 Å². The summed E-state index contributed by atoms with van der Waals surface area (Å²) in [6.45, 7) is 2.24. The Bertz CT molecular complexity index is 728. The molecule has 0 unspecified atom stereocenters. The van der Waals surface area contributed by atoms with Gasteiger partial charge in [0, 0.05) is 10.6 Å². The maximum Gasteiger partial charge on any atom is 0.310 e. The molecule has 2 bridgehead atoms. The summed E-state index contributed by atoms with van der Waals surface area (Å²) in [5.74, 6) is -0.224. The van der Waals surface area contributed by atoms with Gasteiger partial charge in [0.2, 0.25) is 0 Å². The maximum absolute atomic E-state index is 12.8. The molecule has 4 aliphatic rings. The molecule has 1 aromatic carbocycles. The van der Waals surface area contributed by atoms with Crippen molar-refractivity contribution in [1.29, 1.82) is 0 Å². The normalized spacial score (nSPS) is 34.3. The van der Waals surface area contributed by atoms with Gasteiger partial charge in [0.25, 0.3) is 0 Å². The second kappa shape index (κ2) is 6.49. The van der Waals surface area contributed by atoms with Crippen molar-refractivity contribution >= 4 is 23.5 Å². The van der Waals surface area contributed by atoms with Gasteiger partial charge in [0.15, 0.2) is 0 Å². The standard InChI is InChI=1S/C20H21ClO4/c1-2-24-19(22)17-12-7-8-13(15-9-14(12)15)18(17)20(23)25-10-11-5-3-4-6-16(11)21/h3-8,12-15,17-18H,2,9-10H2,1H3/t12-,13-,14-,15-,17+,18-/m0/s1. The number of ether oxygens (including phenoxy) is 2. The first-order valence-electron chi connectivity index (χ1n) is 8.86. The quantitative estimate of drug-likeness (QED) is 0.594. The number of hydrogen-bond acceptors (Lipinski definition) is 4. The number of carbonyl (C=O) groups excluding carboxylic acids is 2. The molecule has 0 saturated heterocycles. The molecular formula is C20H21ClO4. The van der Waals surface area contributed by atoms with E-state index in [9.17, 15) is 9.59 Å². The lowest BCUT2D eigenvalue weighted by atomic mass is 9.62. The molecular weight excluding hydrogens is 340 g/mol. The molecule has 0 radical (unpaired) electrons. The summed E-state index contributed by atoms with van der Waals surface area (Å²) in [5.41, 5.74) is 0.769. The zero-order valence-electron chi connectivity index (χ0n) is 14.1. The summed E-state index contributed by atoms with van der Waals surface area (Å²) in [5, 5.41) is 0.574.